The molecule has 5 atom stereocenters. The number of fused-ring (bicyclic) bond motifs is 2. The smallest absolute Gasteiger partial charge is 0.308 e. The van der Waals surface area contributed by atoms with Crippen LogP contribution in [0.3, 0.4) is 0 Å². The van der Waals surface area contributed by atoms with E-state index in [-0.39, 0.29) is 5.97 Å². The van der Waals surface area contributed by atoms with Gasteiger partial charge in [0.05, 0.1) is 0 Å². The average molecular weight is 258 g/mol. The van der Waals surface area contributed by atoms with E-state index in [0.717, 1.165) is 23.7 Å². The predicted octanol–water partition coefficient (Wildman–Crippen LogP) is 4.01. The number of rotatable bonds is 2. The summed E-state index contributed by atoms with van der Waals surface area (Å²) in [4.78, 5) is 10.9. The van der Waals surface area contributed by atoms with Crippen molar-refractivity contribution >= 4 is 5.97 Å². The topological polar surface area (TPSA) is 26.3 Å². The molecule has 2 fully saturated rings. The van der Waals surface area contributed by atoms with Gasteiger partial charge in [-0.1, -0.05) is 26.0 Å². The van der Waals surface area contributed by atoms with E-state index >= 15 is 0 Å². The van der Waals surface area contributed by atoms with Crippen molar-refractivity contribution in [3.8, 4) is 5.75 Å². The SMILES string of the molecule is CC(=O)Oc1ccc(C2CC3CC2C(C)C3C)cc1. The Balaban J connectivity index is 1.76. The highest BCUT2D eigenvalue weighted by molar-refractivity contribution is 5.69. The average Bonchev–Trinajstić information content (AvgIpc) is 2.91. The number of benzene rings is 1. The Morgan fingerprint density at radius 2 is 1.79 bits per heavy atom. The maximum atomic E-state index is 10.9. The van der Waals surface area contributed by atoms with Crippen LogP contribution in [0.15, 0.2) is 24.3 Å². The normalized spacial score (nSPS) is 36.5. The Hall–Kier alpha value is -1.31. The molecule has 2 saturated carbocycles. The van der Waals surface area contributed by atoms with Gasteiger partial charge in [-0.3, -0.25) is 4.79 Å². The lowest BCUT2D eigenvalue weighted by atomic mass is 9.73. The molecule has 0 radical (unpaired) electrons. The molecule has 0 aliphatic heterocycles. The van der Waals surface area contributed by atoms with E-state index in [1.54, 1.807) is 0 Å². The van der Waals surface area contributed by atoms with Gasteiger partial charge in [0.2, 0.25) is 0 Å². The zero-order valence-corrected chi connectivity index (χ0v) is 11.9. The van der Waals surface area contributed by atoms with Crippen molar-refractivity contribution in [1.29, 1.82) is 0 Å². The molecule has 3 rings (SSSR count). The number of hydrogen-bond acceptors (Lipinski definition) is 2. The molecule has 0 spiro atoms. The second-order valence-electron chi connectivity index (χ2n) is 6.38. The molecule has 0 saturated heterocycles. The number of ether oxygens (including phenoxy) is 1. The van der Waals surface area contributed by atoms with Crippen LogP contribution in [0.25, 0.3) is 0 Å². The highest BCUT2D eigenvalue weighted by Gasteiger charge is 2.48. The van der Waals surface area contributed by atoms with E-state index in [1.165, 1.54) is 25.3 Å². The minimum Gasteiger partial charge on any atom is -0.427 e. The second kappa shape index (κ2) is 4.66. The van der Waals surface area contributed by atoms with Crippen LogP contribution in [0.4, 0.5) is 0 Å². The summed E-state index contributed by atoms with van der Waals surface area (Å²) in [6.45, 7) is 6.26. The highest BCUT2D eigenvalue weighted by Crippen LogP contribution is 2.58. The van der Waals surface area contributed by atoms with Crippen LogP contribution < -0.4 is 4.74 Å². The molecule has 1 aromatic carbocycles. The maximum absolute atomic E-state index is 10.9. The summed E-state index contributed by atoms with van der Waals surface area (Å²) in [6, 6.07) is 8.13. The van der Waals surface area contributed by atoms with Crippen molar-refractivity contribution in [2.24, 2.45) is 23.7 Å². The van der Waals surface area contributed by atoms with Crippen molar-refractivity contribution in [3.63, 3.8) is 0 Å². The Morgan fingerprint density at radius 1 is 1.11 bits per heavy atom. The molecular formula is C17H22O2. The summed E-state index contributed by atoms with van der Waals surface area (Å²) < 4.78 is 5.09. The van der Waals surface area contributed by atoms with Gasteiger partial charge in [0.15, 0.2) is 0 Å². The number of carbonyl (C=O) groups is 1. The lowest BCUT2D eigenvalue weighted by Crippen LogP contribution is -2.23. The van der Waals surface area contributed by atoms with Gasteiger partial charge in [-0.15, -0.1) is 0 Å². The molecule has 2 aliphatic carbocycles. The molecule has 1 aromatic rings. The summed E-state index contributed by atoms with van der Waals surface area (Å²) in [5.74, 6) is 4.61. The Labute approximate surface area is 115 Å². The molecule has 0 N–H and O–H groups in total. The van der Waals surface area contributed by atoms with Gasteiger partial charge < -0.3 is 4.74 Å². The van der Waals surface area contributed by atoms with E-state index in [9.17, 15) is 4.79 Å². The predicted molar refractivity (Wildman–Crippen MR) is 75.0 cm³/mol. The van der Waals surface area contributed by atoms with E-state index in [2.05, 4.69) is 26.0 Å². The van der Waals surface area contributed by atoms with Crippen molar-refractivity contribution < 1.29 is 9.53 Å². The summed E-state index contributed by atoms with van der Waals surface area (Å²) in [6.07, 6.45) is 2.74. The number of hydrogen-bond donors (Lipinski definition) is 0. The first-order valence-electron chi connectivity index (χ1n) is 7.34. The van der Waals surface area contributed by atoms with Gasteiger partial charge in [-0.2, -0.15) is 0 Å². The highest BCUT2D eigenvalue weighted by atomic mass is 16.5. The van der Waals surface area contributed by atoms with Crippen molar-refractivity contribution in [2.75, 3.05) is 0 Å². The molecule has 2 bridgehead atoms. The van der Waals surface area contributed by atoms with Gasteiger partial charge >= 0.3 is 5.97 Å². The third-order valence-electron chi connectivity index (χ3n) is 5.47. The zero-order chi connectivity index (χ0) is 13.6. The summed E-state index contributed by atoms with van der Waals surface area (Å²) in [7, 11) is 0. The minimum absolute atomic E-state index is 0.255. The van der Waals surface area contributed by atoms with Crippen LogP contribution in [0, 0.1) is 23.7 Å². The standard InChI is InChI=1S/C17H22O2/c1-10-11(2)16-8-14(10)9-17(16)13-4-6-15(7-5-13)19-12(3)18/h4-7,10-11,14,16-17H,8-9H2,1-3H3. The third-order valence-corrected chi connectivity index (χ3v) is 5.47. The third kappa shape index (κ3) is 2.18. The molecule has 2 aliphatic rings. The lowest BCUT2D eigenvalue weighted by Gasteiger charge is -2.32. The summed E-state index contributed by atoms with van der Waals surface area (Å²) >= 11 is 0. The van der Waals surface area contributed by atoms with E-state index in [0.29, 0.717) is 11.7 Å². The fraction of sp³-hybridized carbons (Fsp3) is 0.588. The van der Waals surface area contributed by atoms with Crippen LogP contribution in [0.2, 0.25) is 0 Å². The quantitative estimate of drug-likeness (QED) is 0.592. The van der Waals surface area contributed by atoms with Crippen LogP contribution in [0.5, 0.6) is 5.75 Å². The van der Waals surface area contributed by atoms with Crippen LogP contribution in [0.1, 0.15) is 45.1 Å². The fourth-order valence-electron chi connectivity index (χ4n) is 4.27. The molecule has 102 valence electrons. The minimum atomic E-state index is -0.255. The molecule has 0 aromatic heterocycles. The van der Waals surface area contributed by atoms with Gasteiger partial charge in [-0.25, -0.2) is 0 Å². The lowest BCUT2D eigenvalue weighted by molar-refractivity contribution is -0.131. The van der Waals surface area contributed by atoms with Crippen LogP contribution in [-0.2, 0) is 4.79 Å². The van der Waals surface area contributed by atoms with E-state index in [1.807, 2.05) is 12.1 Å². The summed E-state index contributed by atoms with van der Waals surface area (Å²) in [5, 5.41) is 0. The Morgan fingerprint density at radius 3 is 2.32 bits per heavy atom. The first-order valence-corrected chi connectivity index (χ1v) is 7.34. The fourth-order valence-corrected chi connectivity index (χ4v) is 4.27. The number of esters is 1. The van der Waals surface area contributed by atoms with Gasteiger partial charge in [0.25, 0.3) is 0 Å². The Kier molecular flexibility index (Phi) is 3.12. The molecule has 5 unspecified atom stereocenters. The van der Waals surface area contributed by atoms with E-state index in [4.69, 9.17) is 4.74 Å². The first-order chi connectivity index (χ1) is 9.06. The molecule has 2 nitrogen and oxygen atoms in total. The molecular weight excluding hydrogens is 236 g/mol. The van der Waals surface area contributed by atoms with Crippen LogP contribution >= 0.6 is 0 Å². The van der Waals surface area contributed by atoms with Gasteiger partial charge in [0, 0.05) is 6.92 Å². The van der Waals surface area contributed by atoms with E-state index < -0.39 is 0 Å². The molecule has 19 heavy (non-hydrogen) atoms. The van der Waals surface area contributed by atoms with Gasteiger partial charge in [-0.05, 0) is 60.1 Å². The first kappa shape index (κ1) is 12.7. The van der Waals surface area contributed by atoms with Crippen molar-refractivity contribution in [1.82, 2.24) is 0 Å². The zero-order valence-electron chi connectivity index (χ0n) is 11.9. The van der Waals surface area contributed by atoms with Crippen molar-refractivity contribution in [3.05, 3.63) is 29.8 Å². The molecule has 2 heteroatoms. The van der Waals surface area contributed by atoms with Gasteiger partial charge in [0.1, 0.15) is 5.75 Å². The maximum Gasteiger partial charge on any atom is 0.308 e. The Bertz CT molecular complexity index is 475. The molecule has 0 amide bonds. The largest absolute Gasteiger partial charge is 0.427 e. The molecule has 0 heterocycles. The van der Waals surface area contributed by atoms with Crippen molar-refractivity contribution in [2.45, 2.75) is 39.5 Å². The summed E-state index contributed by atoms with van der Waals surface area (Å²) in [5.41, 5.74) is 1.42. The second-order valence-corrected chi connectivity index (χ2v) is 6.38. The monoisotopic (exact) mass is 258 g/mol. The van der Waals surface area contributed by atoms with Crippen LogP contribution in [-0.4, -0.2) is 5.97 Å². The number of carbonyl (C=O) groups excluding carboxylic acids is 1.